The van der Waals surface area contributed by atoms with Crippen molar-refractivity contribution in [2.45, 2.75) is 72.3 Å². The van der Waals surface area contributed by atoms with E-state index >= 15 is 0 Å². The molecule has 0 N–H and O–H groups in total. The van der Waals surface area contributed by atoms with E-state index in [4.69, 9.17) is 0 Å². The molecule has 1 aliphatic heterocycles. The van der Waals surface area contributed by atoms with Gasteiger partial charge in [-0.1, -0.05) is 47.0 Å². The summed E-state index contributed by atoms with van der Waals surface area (Å²) >= 11 is 0. The smallest absolute Gasteiger partial charge is 0.0940 e. The lowest BCUT2D eigenvalue weighted by molar-refractivity contribution is 0.503. The van der Waals surface area contributed by atoms with Gasteiger partial charge in [0, 0.05) is 0 Å². The molecule has 0 aromatic heterocycles. The fraction of sp³-hybridized carbons (Fsp3) is 0.867. The molecule has 0 radical (unpaired) electrons. The lowest BCUT2D eigenvalue weighted by Gasteiger charge is -2.12. The molecular weight excluding hydrogens is 208 g/mol. The van der Waals surface area contributed by atoms with Crippen LogP contribution in [0.25, 0.3) is 0 Å². The van der Waals surface area contributed by atoms with Crippen LogP contribution in [0.2, 0.25) is 0 Å². The fourth-order valence-electron chi connectivity index (χ4n) is 2.17. The van der Waals surface area contributed by atoms with Crippen molar-refractivity contribution in [3.63, 3.8) is 0 Å². The van der Waals surface area contributed by atoms with Crippen LogP contribution in [0.1, 0.15) is 66.2 Å². The first kappa shape index (κ1) is 14.4. The molecular formula is C15H28N2. The topological polar surface area (TPSA) is 24.7 Å². The van der Waals surface area contributed by atoms with Crippen molar-refractivity contribution < 1.29 is 0 Å². The molecule has 0 spiro atoms. The minimum Gasteiger partial charge on any atom is -0.181 e. The molecule has 1 unspecified atom stereocenters. The molecule has 0 aliphatic carbocycles. The number of nitrogens with zero attached hydrogens (tertiary/aromatic N) is 2. The number of hydrogen-bond acceptors (Lipinski definition) is 2. The Labute approximate surface area is 107 Å². The van der Waals surface area contributed by atoms with Gasteiger partial charge in [0.25, 0.3) is 0 Å². The second-order valence-corrected chi connectivity index (χ2v) is 6.06. The first-order valence-electron chi connectivity index (χ1n) is 7.18. The van der Waals surface area contributed by atoms with Crippen molar-refractivity contribution in [2.24, 2.45) is 22.1 Å². The van der Waals surface area contributed by atoms with Crippen LogP contribution in [-0.2, 0) is 0 Å². The molecule has 0 bridgehead atoms. The number of unbranched alkanes of at least 4 members (excludes halogenated alkanes) is 1. The fourth-order valence-corrected chi connectivity index (χ4v) is 2.17. The third kappa shape index (κ3) is 5.99. The van der Waals surface area contributed by atoms with E-state index in [1.54, 1.807) is 0 Å². The van der Waals surface area contributed by atoms with Gasteiger partial charge in [0.05, 0.1) is 12.2 Å². The van der Waals surface area contributed by atoms with Crippen molar-refractivity contribution >= 4 is 0 Å². The molecule has 2 heteroatoms. The van der Waals surface area contributed by atoms with Gasteiger partial charge in [-0.3, -0.25) is 0 Å². The largest absolute Gasteiger partial charge is 0.181 e. The minimum absolute atomic E-state index is 0.404. The average Bonchev–Trinajstić information content (AvgIpc) is 2.68. The highest BCUT2D eigenvalue weighted by Crippen LogP contribution is 2.26. The lowest BCUT2D eigenvalue weighted by Crippen LogP contribution is -2.06. The van der Waals surface area contributed by atoms with Crippen molar-refractivity contribution in [1.82, 2.24) is 0 Å². The highest BCUT2D eigenvalue weighted by atomic mass is 15.1. The molecule has 0 aromatic rings. The highest BCUT2D eigenvalue weighted by Gasteiger charge is 2.17. The molecule has 1 atom stereocenters. The third-order valence-electron chi connectivity index (χ3n) is 3.38. The Morgan fingerprint density at radius 3 is 2.41 bits per heavy atom. The quantitative estimate of drug-likeness (QED) is 0.507. The van der Waals surface area contributed by atoms with Crippen LogP contribution in [0.5, 0.6) is 0 Å². The van der Waals surface area contributed by atoms with Gasteiger partial charge in [0.2, 0.25) is 0 Å². The van der Waals surface area contributed by atoms with E-state index in [9.17, 15) is 0 Å². The highest BCUT2D eigenvalue weighted by molar-refractivity contribution is 5.13. The molecule has 1 rings (SSSR count). The first-order valence-corrected chi connectivity index (χ1v) is 7.18. The van der Waals surface area contributed by atoms with Crippen molar-refractivity contribution in [3.05, 3.63) is 11.8 Å². The standard InChI is InChI=1S/C15H28N2/c1-12(2)7-5-6-8-15-14(11-16-17-15)10-9-13(3)4/h11-13,15H,5-10H2,1-4H3. The van der Waals surface area contributed by atoms with Gasteiger partial charge in [0.1, 0.15) is 0 Å². The summed E-state index contributed by atoms with van der Waals surface area (Å²) in [6, 6.07) is 0.404. The Kier molecular flexibility index (Phi) is 6.46. The Bertz CT molecular complexity index is 264. The van der Waals surface area contributed by atoms with E-state index in [0.717, 1.165) is 11.8 Å². The van der Waals surface area contributed by atoms with Crippen LogP contribution in [0, 0.1) is 11.8 Å². The molecule has 17 heavy (non-hydrogen) atoms. The van der Waals surface area contributed by atoms with Gasteiger partial charge in [-0.05, 0) is 36.7 Å². The van der Waals surface area contributed by atoms with E-state index in [1.807, 2.05) is 6.20 Å². The van der Waals surface area contributed by atoms with Crippen LogP contribution in [-0.4, -0.2) is 6.04 Å². The summed E-state index contributed by atoms with van der Waals surface area (Å²) < 4.78 is 0. The molecule has 1 aliphatic rings. The Morgan fingerprint density at radius 1 is 1.06 bits per heavy atom. The van der Waals surface area contributed by atoms with Crippen LogP contribution in [0.4, 0.5) is 0 Å². The zero-order chi connectivity index (χ0) is 12.7. The minimum atomic E-state index is 0.404. The van der Waals surface area contributed by atoms with Crippen molar-refractivity contribution in [1.29, 1.82) is 0 Å². The molecule has 98 valence electrons. The number of azo groups is 1. The van der Waals surface area contributed by atoms with Crippen LogP contribution >= 0.6 is 0 Å². The summed E-state index contributed by atoms with van der Waals surface area (Å²) in [6.45, 7) is 9.15. The summed E-state index contributed by atoms with van der Waals surface area (Å²) in [5.74, 6) is 1.61. The van der Waals surface area contributed by atoms with Gasteiger partial charge in [-0.15, -0.1) is 0 Å². The van der Waals surface area contributed by atoms with E-state index in [-0.39, 0.29) is 0 Å². The average molecular weight is 236 g/mol. The zero-order valence-corrected chi connectivity index (χ0v) is 11.9. The monoisotopic (exact) mass is 236 g/mol. The summed E-state index contributed by atoms with van der Waals surface area (Å²) in [5, 5.41) is 8.45. The summed E-state index contributed by atoms with van der Waals surface area (Å²) in [4.78, 5) is 0. The van der Waals surface area contributed by atoms with Gasteiger partial charge >= 0.3 is 0 Å². The molecule has 2 nitrogen and oxygen atoms in total. The van der Waals surface area contributed by atoms with Crippen LogP contribution in [0.15, 0.2) is 22.0 Å². The molecule has 1 heterocycles. The Morgan fingerprint density at radius 2 is 1.76 bits per heavy atom. The van der Waals surface area contributed by atoms with Gasteiger partial charge < -0.3 is 0 Å². The number of hydrogen-bond donors (Lipinski definition) is 0. The van der Waals surface area contributed by atoms with E-state index < -0.39 is 0 Å². The Hall–Kier alpha value is -0.660. The predicted molar refractivity (Wildman–Crippen MR) is 74.1 cm³/mol. The summed E-state index contributed by atoms with van der Waals surface area (Å²) in [5.41, 5.74) is 1.46. The SMILES string of the molecule is CC(C)CCCCC1N=NC=C1CCC(C)C. The second kappa shape index (κ2) is 7.62. The maximum Gasteiger partial charge on any atom is 0.0940 e. The van der Waals surface area contributed by atoms with E-state index in [0.29, 0.717) is 6.04 Å². The van der Waals surface area contributed by atoms with Gasteiger partial charge in [-0.25, -0.2) is 0 Å². The van der Waals surface area contributed by atoms with Gasteiger partial charge in [0.15, 0.2) is 0 Å². The molecule has 0 saturated heterocycles. The van der Waals surface area contributed by atoms with Crippen LogP contribution < -0.4 is 0 Å². The predicted octanol–water partition coefficient (Wildman–Crippen LogP) is 5.36. The molecule has 0 amide bonds. The number of rotatable bonds is 8. The molecule has 0 fully saturated rings. The molecule has 0 aromatic carbocycles. The Balaban J connectivity index is 2.19. The van der Waals surface area contributed by atoms with Crippen molar-refractivity contribution in [2.75, 3.05) is 0 Å². The van der Waals surface area contributed by atoms with E-state index in [2.05, 4.69) is 37.9 Å². The maximum atomic E-state index is 4.34. The maximum absolute atomic E-state index is 4.34. The van der Waals surface area contributed by atoms with Crippen molar-refractivity contribution in [3.8, 4) is 0 Å². The second-order valence-electron chi connectivity index (χ2n) is 6.06. The zero-order valence-electron chi connectivity index (χ0n) is 11.9. The van der Waals surface area contributed by atoms with Gasteiger partial charge in [-0.2, -0.15) is 10.2 Å². The summed E-state index contributed by atoms with van der Waals surface area (Å²) in [7, 11) is 0. The lowest BCUT2D eigenvalue weighted by atomic mass is 9.95. The van der Waals surface area contributed by atoms with Crippen LogP contribution in [0.3, 0.4) is 0 Å². The molecule has 0 saturated carbocycles. The first-order chi connectivity index (χ1) is 8.09. The van der Waals surface area contributed by atoms with E-state index in [1.165, 1.54) is 44.1 Å². The normalized spacial score (nSPS) is 19.4. The summed E-state index contributed by atoms with van der Waals surface area (Å²) in [6.07, 6.45) is 9.60. The third-order valence-corrected chi connectivity index (χ3v) is 3.38.